The van der Waals surface area contributed by atoms with Gasteiger partial charge in [0.25, 0.3) is 0 Å². The van der Waals surface area contributed by atoms with Crippen LogP contribution < -0.4 is 4.90 Å². The number of hydrogen-bond acceptors (Lipinski definition) is 3. The van der Waals surface area contributed by atoms with Crippen LogP contribution >= 0.6 is 0 Å². The Bertz CT molecular complexity index is 452. The number of anilines is 1. The summed E-state index contributed by atoms with van der Waals surface area (Å²) in [6.45, 7) is 2.22. The molecule has 2 unspecified atom stereocenters. The van der Waals surface area contributed by atoms with E-state index in [1.165, 1.54) is 11.0 Å². The van der Waals surface area contributed by atoms with Crippen molar-refractivity contribution in [2.24, 2.45) is 0 Å². The predicted octanol–water partition coefficient (Wildman–Crippen LogP) is 0.853. The second-order valence-corrected chi connectivity index (χ2v) is 4.65. The molecule has 0 bridgehead atoms. The van der Waals surface area contributed by atoms with Crippen LogP contribution in [0.15, 0.2) is 24.3 Å². The molecule has 98 valence electrons. The molecule has 2 atom stereocenters. The molecule has 0 aromatic heterocycles. The number of aliphatic hydroxyl groups is 1. The van der Waals surface area contributed by atoms with Crippen molar-refractivity contribution in [2.75, 3.05) is 25.1 Å². The van der Waals surface area contributed by atoms with Crippen LogP contribution in [-0.4, -0.2) is 48.2 Å². The van der Waals surface area contributed by atoms with Crippen molar-refractivity contribution >= 4 is 11.6 Å². The van der Waals surface area contributed by atoms with Gasteiger partial charge in [-0.3, -0.25) is 9.69 Å². The van der Waals surface area contributed by atoms with E-state index < -0.39 is 11.9 Å². The quantitative estimate of drug-likeness (QED) is 0.848. The maximum Gasteiger partial charge on any atom is 0.247 e. The van der Waals surface area contributed by atoms with Crippen LogP contribution in [-0.2, 0) is 4.79 Å². The average molecular weight is 252 g/mol. The predicted molar refractivity (Wildman–Crippen MR) is 66.9 cm³/mol. The highest BCUT2D eigenvalue weighted by atomic mass is 19.1. The zero-order valence-corrected chi connectivity index (χ0v) is 10.5. The molecule has 1 N–H and O–H groups in total. The van der Waals surface area contributed by atoms with Crippen LogP contribution in [0.25, 0.3) is 0 Å². The molecule has 2 rings (SSSR count). The van der Waals surface area contributed by atoms with Crippen molar-refractivity contribution in [2.45, 2.75) is 19.0 Å². The van der Waals surface area contributed by atoms with Gasteiger partial charge in [-0.25, -0.2) is 4.39 Å². The first-order valence-corrected chi connectivity index (χ1v) is 5.95. The molecule has 1 fully saturated rings. The summed E-state index contributed by atoms with van der Waals surface area (Å²) in [5, 5.41) is 9.27. The standard InChI is InChI=1S/C13H17FN2O2/c1-9-7-15(2)12(8-17)13(18)16(9)11-6-4-3-5-10(11)14/h3-6,9,12,17H,7-8H2,1-2H3. The number of rotatable bonds is 2. The van der Waals surface area contributed by atoms with Crippen LogP contribution in [0.2, 0.25) is 0 Å². The first kappa shape index (κ1) is 13.0. The van der Waals surface area contributed by atoms with Gasteiger partial charge in [-0.05, 0) is 26.1 Å². The molecule has 1 saturated heterocycles. The molecule has 1 aromatic rings. The molecule has 1 amide bonds. The Morgan fingerprint density at radius 3 is 2.72 bits per heavy atom. The fourth-order valence-electron chi connectivity index (χ4n) is 2.41. The van der Waals surface area contributed by atoms with E-state index in [4.69, 9.17) is 0 Å². The summed E-state index contributed by atoms with van der Waals surface area (Å²) in [6, 6.07) is 5.49. The topological polar surface area (TPSA) is 43.8 Å². The molecule has 5 heteroatoms. The number of likely N-dealkylation sites (N-methyl/N-ethyl adjacent to an activating group) is 1. The van der Waals surface area contributed by atoms with Gasteiger partial charge in [-0.1, -0.05) is 12.1 Å². The van der Waals surface area contributed by atoms with Crippen molar-refractivity contribution in [1.29, 1.82) is 0 Å². The van der Waals surface area contributed by atoms with Crippen LogP contribution in [0.1, 0.15) is 6.92 Å². The summed E-state index contributed by atoms with van der Waals surface area (Å²) in [5.41, 5.74) is 0.279. The zero-order chi connectivity index (χ0) is 13.3. The Morgan fingerprint density at radius 2 is 2.11 bits per heavy atom. The summed E-state index contributed by atoms with van der Waals surface area (Å²) in [4.78, 5) is 15.5. The van der Waals surface area contributed by atoms with E-state index in [-0.39, 0.29) is 24.2 Å². The monoisotopic (exact) mass is 252 g/mol. The number of benzene rings is 1. The minimum Gasteiger partial charge on any atom is -0.394 e. The lowest BCUT2D eigenvalue weighted by atomic mass is 10.1. The third-order valence-electron chi connectivity index (χ3n) is 3.33. The van der Waals surface area contributed by atoms with E-state index in [9.17, 15) is 14.3 Å². The maximum atomic E-state index is 13.8. The van der Waals surface area contributed by atoms with E-state index in [1.54, 1.807) is 30.1 Å². The second kappa shape index (κ2) is 5.04. The van der Waals surface area contributed by atoms with Crippen LogP contribution in [0.4, 0.5) is 10.1 Å². The minimum atomic E-state index is -0.596. The molecule has 1 aliphatic rings. The number of carbonyl (C=O) groups excluding carboxylic acids is 1. The van der Waals surface area contributed by atoms with Gasteiger partial charge < -0.3 is 10.0 Å². The SMILES string of the molecule is CC1CN(C)C(CO)C(=O)N1c1ccccc1F. The van der Waals surface area contributed by atoms with Crippen molar-refractivity contribution in [3.05, 3.63) is 30.1 Å². The summed E-state index contributed by atoms with van der Waals surface area (Å²) in [6.07, 6.45) is 0. The van der Waals surface area contributed by atoms with Gasteiger partial charge in [-0.15, -0.1) is 0 Å². The van der Waals surface area contributed by atoms with Gasteiger partial charge >= 0.3 is 0 Å². The Balaban J connectivity index is 2.37. The number of aliphatic hydroxyl groups excluding tert-OH is 1. The van der Waals surface area contributed by atoms with Crippen LogP contribution in [0, 0.1) is 5.82 Å². The molecule has 1 heterocycles. The Labute approximate surface area is 106 Å². The summed E-state index contributed by atoms with van der Waals surface area (Å²) in [7, 11) is 1.79. The van der Waals surface area contributed by atoms with E-state index in [1.807, 2.05) is 6.92 Å². The first-order valence-electron chi connectivity index (χ1n) is 5.95. The van der Waals surface area contributed by atoms with Crippen LogP contribution in [0.5, 0.6) is 0 Å². The lowest BCUT2D eigenvalue weighted by Gasteiger charge is -2.42. The van der Waals surface area contributed by atoms with E-state index in [2.05, 4.69) is 0 Å². The van der Waals surface area contributed by atoms with Gasteiger partial charge in [0.05, 0.1) is 12.3 Å². The van der Waals surface area contributed by atoms with Gasteiger partial charge in [0.15, 0.2) is 0 Å². The van der Waals surface area contributed by atoms with E-state index in [0.717, 1.165) is 0 Å². The molecular formula is C13H17FN2O2. The summed E-state index contributed by atoms with van der Waals surface area (Å²) in [5.74, 6) is -0.678. The van der Waals surface area contributed by atoms with Gasteiger partial charge in [0.1, 0.15) is 11.9 Å². The van der Waals surface area contributed by atoms with Crippen LogP contribution in [0.3, 0.4) is 0 Å². The number of amides is 1. The summed E-state index contributed by atoms with van der Waals surface area (Å²) >= 11 is 0. The van der Waals surface area contributed by atoms with Crippen molar-refractivity contribution in [3.8, 4) is 0 Å². The highest BCUT2D eigenvalue weighted by molar-refractivity contribution is 5.98. The molecular weight excluding hydrogens is 235 g/mol. The molecule has 1 aliphatic heterocycles. The van der Waals surface area contributed by atoms with Gasteiger partial charge in [0.2, 0.25) is 5.91 Å². The average Bonchev–Trinajstić information content (AvgIpc) is 2.31. The van der Waals surface area contributed by atoms with Crippen molar-refractivity contribution in [3.63, 3.8) is 0 Å². The zero-order valence-electron chi connectivity index (χ0n) is 10.5. The lowest BCUT2D eigenvalue weighted by molar-refractivity contribution is -0.127. The Morgan fingerprint density at radius 1 is 1.44 bits per heavy atom. The third kappa shape index (κ3) is 2.11. The number of nitrogens with zero attached hydrogens (tertiary/aromatic N) is 2. The number of halogens is 1. The molecule has 1 aromatic carbocycles. The molecule has 0 saturated carbocycles. The first-order chi connectivity index (χ1) is 8.56. The van der Waals surface area contributed by atoms with E-state index >= 15 is 0 Å². The van der Waals surface area contributed by atoms with E-state index in [0.29, 0.717) is 6.54 Å². The Kier molecular flexibility index (Phi) is 3.63. The number of piperazine rings is 1. The fourth-order valence-corrected chi connectivity index (χ4v) is 2.41. The van der Waals surface area contributed by atoms with Gasteiger partial charge in [-0.2, -0.15) is 0 Å². The smallest absolute Gasteiger partial charge is 0.247 e. The maximum absolute atomic E-state index is 13.8. The normalized spacial score (nSPS) is 25.6. The second-order valence-electron chi connectivity index (χ2n) is 4.65. The highest BCUT2D eigenvalue weighted by Gasteiger charge is 2.37. The van der Waals surface area contributed by atoms with Gasteiger partial charge in [0, 0.05) is 12.6 Å². The minimum absolute atomic E-state index is 0.123. The largest absolute Gasteiger partial charge is 0.394 e. The fraction of sp³-hybridized carbons (Fsp3) is 0.462. The molecule has 4 nitrogen and oxygen atoms in total. The molecule has 18 heavy (non-hydrogen) atoms. The summed E-state index contributed by atoms with van der Waals surface area (Å²) < 4.78 is 13.8. The number of carbonyl (C=O) groups is 1. The number of hydrogen-bond donors (Lipinski definition) is 1. The van der Waals surface area contributed by atoms with Crippen molar-refractivity contribution < 1.29 is 14.3 Å². The lowest BCUT2D eigenvalue weighted by Crippen LogP contribution is -2.61. The molecule has 0 radical (unpaired) electrons. The highest BCUT2D eigenvalue weighted by Crippen LogP contribution is 2.26. The molecule has 0 spiro atoms. The molecule has 0 aliphatic carbocycles. The Hall–Kier alpha value is -1.46. The van der Waals surface area contributed by atoms with Crippen molar-refractivity contribution in [1.82, 2.24) is 4.90 Å². The third-order valence-corrected chi connectivity index (χ3v) is 3.33. The number of para-hydroxylation sites is 1.